The van der Waals surface area contributed by atoms with E-state index in [-0.39, 0.29) is 0 Å². The summed E-state index contributed by atoms with van der Waals surface area (Å²) in [6.45, 7) is 8.13. The van der Waals surface area contributed by atoms with Crippen molar-refractivity contribution in [1.29, 1.82) is 5.26 Å². The Morgan fingerprint density at radius 3 is 2.79 bits per heavy atom. The van der Waals surface area contributed by atoms with Crippen LogP contribution in [0.4, 0.5) is 5.95 Å². The van der Waals surface area contributed by atoms with Gasteiger partial charge in [-0.05, 0) is 44.8 Å². The van der Waals surface area contributed by atoms with Gasteiger partial charge in [-0.1, -0.05) is 6.92 Å². The van der Waals surface area contributed by atoms with Gasteiger partial charge in [-0.25, -0.2) is 9.97 Å². The molecule has 1 aromatic heterocycles. The summed E-state index contributed by atoms with van der Waals surface area (Å²) in [5.74, 6) is 1.45. The lowest BCUT2D eigenvalue weighted by atomic mass is 9.97. The molecule has 5 heteroatoms. The molecule has 1 N–H and O–H groups in total. The van der Waals surface area contributed by atoms with E-state index in [1.807, 2.05) is 6.92 Å². The second-order valence-corrected chi connectivity index (χ2v) is 5.04. The van der Waals surface area contributed by atoms with Crippen LogP contribution in [0, 0.1) is 24.2 Å². The molecule has 2 rings (SSSR count). The van der Waals surface area contributed by atoms with Gasteiger partial charge in [0, 0.05) is 18.8 Å². The third-order valence-corrected chi connectivity index (χ3v) is 3.54. The van der Waals surface area contributed by atoms with Gasteiger partial charge in [0.05, 0.1) is 0 Å². The topological polar surface area (TPSA) is 64.8 Å². The zero-order valence-electron chi connectivity index (χ0n) is 11.7. The number of nitrogens with one attached hydrogen (secondary N) is 1. The molecule has 1 fully saturated rings. The van der Waals surface area contributed by atoms with E-state index >= 15 is 0 Å². The van der Waals surface area contributed by atoms with Crippen molar-refractivity contribution >= 4 is 5.95 Å². The van der Waals surface area contributed by atoms with Crippen molar-refractivity contribution in [2.75, 3.05) is 31.1 Å². The van der Waals surface area contributed by atoms with Crippen molar-refractivity contribution in [3.63, 3.8) is 0 Å². The highest BCUT2D eigenvalue weighted by molar-refractivity contribution is 5.36. The number of hydrogen-bond donors (Lipinski definition) is 1. The zero-order valence-corrected chi connectivity index (χ0v) is 11.7. The maximum atomic E-state index is 8.96. The van der Waals surface area contributed by atoms with Gasteiger partial charge in [0.15, 0.2) is 0 Å². The van der Waals surface area contributed by atoms with Gasteiger partial charge in [-0.2, -0.15) is 5.26 Å². The zero-order chi connectivity index (χ0) is 13.7. The first-order valence-electron chi connectivity index (χ1n) is 6.94. The molecule has 0 aliphatic carbocycles. The molecule has 0 aromatic carbocycles. The number of rotatable bonds is 4. The van der Waals surface area contributed by atoms with Gasteiger partial charge in [0.25, 0.3) is 0 Å². The van der Waals surface area contributed by atoms with E-state index in [1.165, 1.54) is 0 Å². The lowest BCUT2D eigenvalue weighted by Gasteiger charge is -2.32. The van der Waals surface area contributed by atoms with Crippen LogP contribution in [0.25, 0.3) is 0 Å². The SMILES string of the molecule is CCNCC1CCN(c2nc(C)cc(C#N)n2)CC1. The molecule has 0 bridgehead atoms. The van der Waals surface area contributed by atoms with Crippen LogP contribution in [0.15, 0.2) is 6.07 Å². The fourth-order valence-electron chi connectivity index (χ4n) is 2.44. The summed E-state index contributed by atoms with van der Waals surface area (Å²) in [4.78, 5) is 10.9. The molecule has 102 valence electrons. The van der Waals surface area contributed by atoms with E-state index in [0.29, 0.717) is 11.6 Å². The Labute approximate surface area is 114 Å². The van der Waals surface area contributed by atoms with Crippen LogP contribution in [-0.4, -0.2) is 36.1 Å². The van der Waals surface area contributed by atoms with Gasteiger partial charge in [-0.15, -0.1) is 0 Å². The molecule has 1 saturated heterocycles. The Morgan fingerprint density at radius 2 is 2.16 bits per heavy atom. The van der Waals surface area contributed by atoms with Gasteiger partial charge < -0.3 is 10.2 Å². The minimum atomic E-state index is 0.456. The van der Waals surface area contributed by atoms with Crippen LogP contribution >= 0.6 is 0 Å². The third kappa shape index (κ3) is 3.65. The van der Waals surface area contributed by atoms with E-state index < -0.39 is 0 Å². The highest BCUT2D eigenvalue weighted by Crippen LogP contribution is 2.20. The molecule has 1 aliphatic heterocycles. The van der Waals surface area contributed by atoms with E-state index in [4.69, 9.17) is 5.26 Å². The smallest absolute Gasteiger partial charge is 0.226 e. The molecule has 0 atom stereocenters. The van der Waals surface area contributed by atoms with E-state index in [9.17, 15) is 0 Å². The molecule has 19 heavy (non-hydrogen) atoms. The highest BCUT2D eigenvalue weighted by Gasteiger charge is 2.21. The Balaban J connectivity index is 1.98. The van der Waals surface area contributed by atoms with Gasteiger partial charge in [-0.3, -0.25) is 0 Å². The first-order chi connectivity index (χ1) is 9.22. The van der Waals surface area contributed by atoms with Crippen LogP contribution in [0.2, 0.25) is 0 Å². The lowest BCUT2D eigenvalue weighted by molar-refractivity contribution is 0.384. The molecule has 2 heterocycles. The van der Waals surface area contributed by atoms with Crippen LogP contribution in [0.1, 0.15) is 31.2 Å². The largest absolute Gasteiger partial charge is 0.341 e. The normalized spacial score (nSPS) is 16.4. The Morgan fingerprint density at radius 1 is 1.42 bits per heavy atom. The predicted molar refractivity (Wildman–Crippen MR) is 75.0 cm³/mol. The number of nitrogens with zero attached hydrogens (tertiary/aromatic N) is 4. The van der Waals surface area contributed by atoms with E-state index in [2.05, 4.69) is 33.2 Å². The first-order valence-corrected chi connectivity index (χ1v) is 6.94. The Hall–Kier alpha value is -1.67. The summed E-state index contributed by atoms with van der Waals surface area (Å²) in [7, 11) is 0. The molecule has 0 radical (unpaired) electrons. The standard InChI is InChI=1S/C14H21N5/c1-3-16-10-12-4-6-19(7-5-12)14-17-11(2)8-13(9-15)18-14/h8,12,16H,3-7,10H2,1-2H3. The van der Waals surface area contributed by atoms with Crippen LogP contribution in [-0.2, 0) is 0 Å². The van der Waals surface area contributed by atoms with Crippen molar-refractivity contribution in [2.45, 2.75) is 26.7 Å². The molecular formula is C14H21N5. The number of aromatic nitrogens is 2. The minimum absolute atomic E-state index is 0.456. The van der Waals surface area contributed by atoms with Gasteiger partial charge in [0.2, 0.25) is 5.95 Å². The molecule has 0 unspecified atom stereocenters. The summed E-state index contributed by atoms with van der Waals surface area (Å²) < 4.78 is 0. The van der Waals surface area contributed by atoms with E-state index in [1.54, 1.807) is 6.07 Å². The molecule has 1 aliphatic rings. The Bertz CT molecular complexity index is 457. The number of aryl methyl sites for hydroxylation is 1. The molecule has 5 nitrogen and oxygen atoms in total. The van der Waals surface area contributed by atoms with Crippen molar-refractivity contribution in [3.8, 4) is 6.07 Å². The van der Waals surface area contributed by atoms with Crippen LogP contribution < -0.4 is 10.2 Å². The van der Waals surface area contributed by atoms with Crippen molar-refractivity contribution < 1.29 is 0 Å². The predicted octanol–water partition coefficient (Wildman–Crippen LogP) is 1.48. The average Bonchev–Trinajstić information content (AvgIpc) is 2.45. The highest BCUT2D eigenvalue weighted by atomic mass is 15.3. The quantitative estimate of drug-likeness (QED) is 0.887. The monoisotopic (exact) mass is 259 g/mol. The molecule has 0 amide bonds. The van der Waals surface area contributed by atoms with Crippen LogP contribution in [0.3, 0.4) is 0 Å². The third-order valence-electron chi connectivity index (χ3n) is 3.54. The lowest BCUT2D eigenvalue weighted by Crippen LogP contribution is -2.38. The van der Waals surface area contributed by atoms with Crippen molar-refractivity contribution in [3.05, 3.63) is 17.5 Å². The number of nitriles is 1. The molecule has 0 saturated carbocycles. The van der Waals surface area contributed by atoms with Crippen molar-refractivity contribution in [1.82, 2.24) is 15.3 Å². The van der Waals surface area contributed by atoms with Crippen molar-refractivity contribution in [2.24, 2.45) is 5.92 Å². The van der Waals surface area contributed by atoms with Gasteiger partial charge in [0.1, 0.15) is 11.8 Å². The maximum Gasteiger partial charge on any atom is 0.226 e. The molecule has 1 aromatic rings. The average molecular weight is 259 g/mol. The number of anilines is 1. The summed E-state index contributed by atoms with van der Waals surface area (Å²) in [5.41, 5.74) is 1.31. The first kappa shape index (κ1) is 13.8. The Kier molecular flexibility index (Phi) is 4.69. The second-order valence-electron chi connectivity index (χ2n) is 5.04. The second kappa shape index (κ2) is 6.48. The minimum Gasteiger partial charge on any atom is -0.341 e. The van der Waals surface area contributed by atoms with Crippen LogP contribution in [0.5, 0.6) is 0 Å². The maximum absolute atomic E-state index is 8.96. The van der Waals surface area contributed by atoms with E-state index in [0.717, 1.165) is 50.6 Å². The summed E-state index contributed by atoms with van der Waals surface area (Å²) in [6, 6.07) is 3.82. The van der Waals surface area contributed by atoms with Gasteiger partial charge >= 0.3 is 0 Å². The number of hydrogen-bond acceptors (Lipinski definition) is 5. The summed E-state index contributed by atoms with van der Waals surface area (Å²) in [5, 5.41) is 12.4. The summed E-state index contributed by atoms with van der Waals surface area (Å²) in [6.07, 6.45) is 2.32. The molecule has 0 spiro atoms. The fraction of sp³-hybridized carbons (Fsp3) is 0.643. The summed E-state index contributed by atoms with van der Waals surface area (Å²) >= 11 is 0. The number of piperidine rings is 1. The fourth-order valence-corrected chi connectivity index (χ4v) is 2.44. The molecular weight excluding hydrogens is 238 g/mol.